The lowest BCUT2D eigenvalue weighted by molar-refractivity contribution is 0.150. The Labute approximate surface area is 75.0 Å². The van der Waals surface area contributed by atoms with Crippen LogP contribution in [0.4, 0.5) is 8.78 Å². The maximum atomic E-state index is 12.8. The van der Waals surface area contributed by atoms with Crippen LogP contribution in [0.5, 0.6) is 0 Å². The fourth-order valence-electron chi connectivity index (χ4n) is 1.54. The van der Waals surface area contributed by atoms with E-state index >= 15 is 0 Å². The molecule has 0 bridgehead atoms. The van der Waals surface area contributed by atoms with Crippen LogP contribution in [0.2, 0.25) is 0 Å². The van der Waals surface area contributed by atoms with Gasteiger partial charge in [0.15, 0.2) is 11.6 Å². The first-order valence-corrected chi connectivity index (χ1v) is 4.21. The van der Waals surface area contributed by atoms with E-state index in [1.165, 1.54) is 0 Å². The summed E-state index contributed by atoms with van der Waals surface area (Å²) in [6.07, 6.45) is 1.28. The molecule has 0 aliphatic heterocycles. The zero-order valence-corrected chi connectivity index (χ0v) is 7.27. The summed E-state index contributed by atoms with van der Waals surface area (Å²) in [5.41, 5.74) is 0.240. The van der Waals surface area contributed by atoms with Crippen molar-refractivity contribution in [2.75, 3.05) is 0 Å². The summed E-state index contributed by atoms with van der Waals surface area (Å²) in [7, 11) is 0. The first kappa shape index (κ1) is 8.63. The van der Waals surface area contributed by atoms with Crippen molar-refractivity contribution in [2.45, 2.75) is 25.4 Å². The summed E-state index contributed by atoms with van der Waals surface area (Å²) < 4.78 is 25.5. The molecule has 70 valence electrons. The van der Waals surface area contributed by atoms with Crippen LogP contribution in [-0.2, 0) is 5.60 Å². The molecule has 1 aliphatic carbocycles. The molecule has 1 saturated carbocycles. The molecule has 13 heavy (non-hydrogen) atoms. The number of hydrogen-bond donors (Lipinski definition) is 1. The Bertz CT molecular complexity index is 356. The lowest BCUT2D eigenvalue weighted by atomic mass is 10.0. The molecule has 1 nitrogen and oxygen atoms in total. The van der Waals surface area contributed by atoms with Crippen molar-refractivity contribution in [3.63, 3.8) is 0 Å². The van der Waals surface area contributed by atoms with Crippen LogP contribution < -0.4 is 0 Å². The highest BCUT2D eigenvalue weighted by molar-refractivity contribution is 5.35. The summed E-state index contributed by atoms with van der Waals surface area (Å²) in [6, 6.07) is 2.22. The minimum atomic E-state index is -0.890. The van der Waals surface area contributed by atoms with E-state index in [-0.39, 0.29) is 0 Å². The third-order valence-corrected chi connectivity index (χ3v) is 2.49. The maximum absolute atomic E-state index is 12.8. The fraction of sp³-hybridized carbons (Fsp3) is 0.400. The van der Waals surface area contributed by atoms with Gasteiger partial charge in [-0.15, -0.1) is 0 Å². The number of aryl methyl sites for hydroxylation is 1. The van der Waals surface area contributed by atoms with Crippen LogP contribution in [0.25, 0.3) is 0 Å². The Morgan fingerprint density at radius 1 is 1.23 bits per heavy atom. The SMILES string of the molecule is Cc1cc(F)c(F)cc1C1(O)CC1. The predicted molar refractivity (Wildman–Crippen MR) is 44.2 cm³/mol. The summed E-state index contributed by atoms with van der Waals surface area (Å²) in [6.45, 7) is 1.67. The molecule has 0 unspecified atom stereocenters. The molecule has 1 aliphatic rings. The zero-order valence-electron chi connectivity index (χ0n) is 7.27. The van der Waals surface area contributed by atoms with Gasteiger partial charge in [0.2, 0.25) is 0 Å². The van der Waals surface area contributed by atoms with E-state index in [0.29, 0.717) is 24.0 Å². The lowest BCUT2D eigenvalue weighted by Crippen LogP contribution is -2.08. The molecule has 0 atom stereocenters. The second kappa shape index (κ2) is 2.51. The molecule has 0 aromatic heterocycles. The van der Waals surface area contributed by atoms with E-state index in [0.717, 1.165) is 12.1 Å². The van der Waals surface area contributed by atoms with Gasteiger partial charge in [-0.2, -0.15) is 0 Å². The Kier molecular flexibility index (Phi) is 1.67. The second-order valence-corrected chi connectivity index (χ2v) is 3.61. The van der Waals surface area contributed by atoms with Gasteiger partial charge >= 0.3 is 0 Å². The van der Waals surface area contributed by atoms with Gasteiger partial charge in [-0.3, -0.25) is 0 Å². The zero-order chi connectivity index (χ0) is 9.64. The molecule has 1 aromatic rings. The Morgan fingerprint density at radius 3 is 2.31 bits per heavy atom. The third-order valence-electron chi connectivity index (χ3n) is 2.49. The molecule has 1 aromatic carbocycles. The van der Waals surface area contributed by atoms with Crippen LogP contribution in [0.1, 0.15) is 24.0 Å². The van der Waals surface area contributed by atoms with E-state index in [4.69, 9.17) is 0 Å². The van der Waals surface area contributed by atoms with Crippen LogP contribution in [0.3, 0.4) is 0 Å². The van der Waals surface area contributed by atoms with Crippen LogP contribution in [0, 0.1) is 18.6 Å². The van der Waals surface area contributed by atoms with Crippen LogP contribution >= 0.6 is 0 Å². The van der Waals surface area contributed by atoms with Crippen molar-refractivity contribution in [3.05, 3.63) is 34.9 Å². The Morgan fingerprint density at radius 2 is 1.77 bits per heavy atom. The number of aliphatic hydroxyl groups is 1. The van der Waals surface area contributed by atoms with Gasteiger partial charge in [-0.25, -0.2) is 8.78 Å². The van der Waals surface area contributed by atoms with E-state index in [1.807, 2.05) is 0 Å². The highest BCUT2D eigenvalue weighted by Crippen LogP contribution is 2.46. The molecular weight excluding hydrogens is 174 g/mol. The highest BCUT2D eigenvalue weighted by Gasteiger charge is 2.43. The van der Waals surface area contributed by atoms with Crippen molar-refractivity contribution in [3.8, 4) is 0 Å². The van der Waals surface area contributed by atoms with Crippen LogP contribution in [0.15, 0.2) is 12.1 Å². The maximum Gasteiger partial charge on any atom is 0.159 e. The molecule has 0 saturated heterocycles. The van der Waals surface area contributed by atoms with E-state index in [2.05, 4.69) is 0 Å². The predicted octanol–water partition coefficient (Wildman–Crippen LogP) is 2.25. The molecular formula is C10H10F2O. The molecule has 0 spiro atoms. The second-order valence-electron chi connectivity index (χ2n) is 3.61. The van der Waals surface area contributed by atoms with Crippen molar-refractivity contribution in [1.29, 1.82) is 0 Å². The minimum Gasteiger partial charge on any atom is -0.385 e. The van der Waals surface area contributed by atoms with Gasteiger partial charge in [-0.05, 0) is 43.0 Å². The number of halogens is 2. The van der Waals surface area contributed by atoms with Gasteiger partial charge in [-0.1, -0.05) is 0 Å². The number of hydrogen-bond acceptors (Lipinski definition) is 1. The summed E-state index contributed by atoms with van der Waals surface area (Å²) in [4.78, 5) is 0. The normalized spacial score (nSPS) is 18.8. The fourth-order valence-corrected chi connectivity index (χ4v) is 1.54. The van der Waals surface area contributed by atoms with Gasteiger partial charge < -0.3 is 5.11 Å². The standard InChI is InChI=1S/C10H10F2O/c1-6-4-8(11)9(12)5-7(6)10(13)2-3-10/h4-5,13H,2-3H2,1H3. The van der Waals surface area contributed by atoms with Crippen LogP contribution in [-0.4, -0.2) is 5.11 Å². The van der Waals surface area contributed by atoms with Crippen molar-refractivity contribution >= 4 is 0 Å². The molecule has 0 radical (unpaired) electrons. The third kappa shape index (κ3) is 1.33. The van der Waals surface area contributed by atoms with Crippen molar-refractivity contribution in [1.82, 2.24) is 0 Å². The van der Waals surface area contributed by atoms with Crippen molar-refractivity contribution in [2.24, 2.45) is 0 Å². The smallest absolute Gasteiger partial charge is 0.159 e. The molecule has 2 rings (SSSR count). The number of benzene rings is 1. The quantitative estimate of drug-likeness (QED) is 0.709. The summed E-state index contributed by atoms with van der Waals surface area (Å²) in [5, 5.41) is 9.71. The first-order chi connectivity index (χ1) is 6.03. The van der Waals surface area contributed by atoms with Crippen molar-refractivity contribution < 1.29 is 13.9 Å². The lowest BCUT2D eigenvalue weighted by Gasteiger charge is -2.11. The number of rotatable bonds is 1. The first-order valence-electron chi connectivity index (χ1n) is 4.21. The molecule has 1 fully saturated rings. The molecule has 1 N–H and O–H groups in total. The van der Waals surface area contributed by atoms with Gasteiger partial charge in [0, 0.05) is 0 Å². The largest absolute Gasteiger partial charge is 0.385 e. The summed E-state index contributed by atoms with van der Waals surface area (Å²) >= 11 is 0. The van der Waals surface area contributed by atoms with E-state index in [9.17, 15) is 13.9 Å². The average molecular weight is 184 g/mol. The molecule has 3 heteroatoms. The van der Waals surface area contributed by atoms with Gasteiger partial charge in [0.05, 0.1) is 5.60 Å². The topological polar surface area (TPSA) is 20.2 Å². The van der Waals surface area contributed by atoms with Gasteiger partial charge in [0.25, 0.3) is 0 Å². The van der Waals surface area contributed by atoms with E-state index in [1.54, 1.807) is 6.92 Å². The Balaban J connectivity index is 2.52. The highest BCUT2D eigenvalue weighted by atomic mass is 19.2. The Hall–Kier alpha value is -0.960. The van der Waals surface area contributed by atoms with E-state index < -0.39 is 17.2 Å². The molecule has 0 heterocycles. The monoisotopic (exact) mass is 184 g/mol. The molecule has 0 amide bonds. The minimum absolute atomic E-state index is 0.520. The van der Waals surface area contributed by atoms with Gasteiger partial charge in [0.1, 0.15) is 0 Å². The summed E-state index contributed by atoms with van der Waals surface area (Å²) in [5.74, 6) is -1.74. The average Bonchev–Trinajstić information content (AvgIpc) is 2.77.